The lowest BCUT2D eigenvalue weighted by Gasteiger charge is -2.00. The van der Waals surface area contributed by atoms with Crippen LogP contribution in [0.5, 0.6) is 0 Å². The molecule has 2 heterocycles. The first kappa shape index (κ1) is 14.1. The van der Waals surface area contributed by atoms with Crippen molar-refractivity contribution in [1.82, 2.24) is 9.78 Å². The van der Waals surface area contributed by atoms with Gasteiger partial charge in [0, 0.05) is 23.7 Å². The Labute approximate surface area is 134 Å². The lowest BCUT2D eigenvalue weighted by atomic mass is 10.1. The van der Waals surface area contributed by atoms with Crippen LogP contribution >= 0.6 is 0 Å². The molecule has 0 unspecified atom stereocenters. The number of amides is 1. The van der Waals surface area contributed by atoms with Crippen LogP contribution in [-0.4, -0.2) is 15.7 Å². The van der Waals surface area contributed by atoms with Crippen LogP contribution < -0.4 is 5.32 Å². The first-order valence-electron chi connectivity index (χ1n) is 7.94. The third-order valence-electron chi connectivity index (χ3n) is 4.33. The lowest BCUT2D eigenvalue weighted by molar-refractivity contribution is 0.0998. The molecule has 1 aliphatic carbocycles. The summed E-state index contributed by atoms with van der Waals surface area (Å²) in [7, 11) is 0. The van der Waals surface area contributed by atoms with E-state index in [-0.39, 0.29) is 5.91 Å². The predicted octanol–water partition coefficient (Wildman–Crippen LogP) is 3.91. The standard InChI is InChI=1S/C18H19N3O2/c1-11-3-6-16-15(7-11)12(2)17(23-16)18(22)20-14-8-19-21(10-14)9-13-4-5-13/h3,6-8,10,13H,4-5,9H2,1-2H3,(H,20,22). The minimum Gasteiger partial charge on any atom is -0.451 e. The first-order chi connectivity index (χ1) is 11.1. The van der Waals surface area contributed by atoms with Gasteiger partial charge in [0.25, 0.3) is 5.91 Å². The Morgan fingerprint density at radius 2 is 2.22 bits per heavy atom. The van der Waals surface area contributed by atoms with Gasteiger partial charge in [-0.15, -0.1) is 0 Å². The van der Waals surface area contributed by atoms with E-state index >= 15 is 0 Å². The number of nitrogens with zero attached hydrogens (tertiary/aromatic N) is 2. The van der Waals surface area contributed by atoms with Gasteiger partial charge in [0.15, 0.2) is 5.76 Å². The van der Waals surface area contributed by atoms with Gasteiger partial charge in [-0.1, -0.05) is 11.6 Å². The summed E-state index contributed by atoms with van der Waals surface area (Å²) in [6, 6.07) is 5.93. The van der Waals surface area contributed by atoms with Gasteiger partial charge < -0.3 is 9.73 Å². The van der Waals surface area contributed by atoms with E-state index in [1.807, 2.05) is 42.9 Å². The van der Waals surface area contributed by atoms with Gasteiger partial charge in [-0.2, -0.15) is 5.10 Å². The second-order valence-corrected chi connectivity index (χ2v) is 6.40. The average Bonchev–Trinajstić information content (AvgIpc) is 3.13. The SMILES string of the molecule is Cc1ccc2oc(C(=O)Nc3cnn(CC4CC4)c3)c(C)c2c1. The average molecular weight is 309 g/mol. The molecule has 23 heavy (non-hydrogen) atoms. The second kappa shape index (κ2) is 5.26. The molecule has 1 aromatic carbocycles. The zero-order valence-electron chi connectivity index (χ0n) is 13.3. The van der Waals surface area contributed by atoms with Gasteiger partial charge in [0.2, 0.25) is 0 Å². The maximum atomic E-state index is 12.5. The number of hydrogen-bond donors (Lipinski definition) is 1. The van der Waals surface area contributed by atoms with E-state index in [2.05, 4.69) is 10.4 Å². The van der Waals surface area contributed by atoms with Crippen molar-refractivity contribution in [3.63, 3.8) is 0 Å². The number of anilines is 1. The molecule has 0 atom stereocenters. The van der Waals surface area contributed by atoms with Crippen LogP contribution in [0.3, 0.4) is 0 Å². The maximum Gasteiger partial charge on any atom is 0.291 e. The van der Waals surface area contributed by atoms with Gasteiger partial charge >= 0.3 is 0 Å². The number of carbonyl (C=O) groups is 1. The fraction of sp³-hybridized carbons (Fsp3) is 0.333. The minimum atomic E-state index is -0.234. The number of aryl methyl sites for hydroxylation is 2. The molecule has 0 spiro atoms. The molecule has 1 fully saturated rings. The summed E-state index contributed by atoms with van der Waals surface area (Å²) in [5, 5.41) is 8.15. The number of rotatable bonds is 4. The maximum absolute atomic E-state index is 12.5. The molecule has 5 nitrogen and oxygen atoms in total. The summed E-state index contributed by atoms with van der Waals surface area (Å²) in [6.45, 7) is 4.87. The number of carbonyl (C=O) groups excluding carboxylic acids is 1. The quantitative estimate of drug-likeness (QED) is 0.795. The van der Waals surface area contributed by atoms with Crippen LogP contribution in [-0.2, 0) is 6.54 Å². The summed E-state index contributed by atoms with van der Waals surface area (Å²) < 4.78 is 7.62. The lowest BCUT2D eigenvalue weighted by Crippen LogP contribution is -2.11. The largest absolute Gasteiger partial charge is 0.451 e. The zero-order valence-corrected chi connectivity index (χ0v) is 13.3. The molecule has 0 saturated heterocycles. The third kappa shape index (κ3) is 2.74. The Hall–Kier alpha value is -2.56. The van der Waals surface area contributed by atoms with Crippen LogP contribution in [0.15, 0.2) is 35.0 Å². The normalized spacial score (nSPS) is 14.3. The van der Waals surface area contributed by atoms with Crippen molar-refractivity contribution in [3.05, 3.63) is 47.5 Å². The van der Waals surface area contributed by atoms with E-state index in [0.717, 1.165) is 34.6 Å². The fourth-order valence-electron chi connectivity index (χ4n) is 2.83. The molecule has 1 N–H and O–H groups in total. The Balaban J connectivity index is 1.56. The Bertz CT molecular complexity index is 887. The highest BCUT2D eigenvalue weighted by Gasteiger charge is 2.22. The smallest absolute Gasteiger partial charge is 0.291 e. The molecular weight excluding hydrogens is 290 g/mol. The summed E-state index contributed by atoms with van der Waals surface area (Å²) in [4.78, 5) is 12.5. The van der Waals surface area contributed by atoms with Crippen molar-refractivity contribution in [2.45, 2.75) is 33.2 Å². The zero-order chi connectivity index (χ0) is 16.0. The Kier molecular flexibility index (Phi) is 3.22. The van der Waals surface area contributed by atoms with Crippen molar-refractivity contribution >= 4 is 22.6 Å². The van der Waals surface area contributed by atoms with Crippen LogP contribution in [0.25, 0.3) is 11.0 Å². The van der Waals surface area contributed by atoms with Crippen molar-refractivity contribution < 1.29 is 9.21 Å². The first-order valence-corrected chi connectivity index (χ1v) is 7.94. The van der Waals surface area contributed by atoms with E-state index in [0.29, 0.717) is 11.4 Å². The van der Waals surface area contributed by atoms with Crippen LogP contribution in [0.1, 0.15) is 34.5 Å². The molecule has 1 aliphatic rings. The van der Waals surface area contributed by atoms with Crippen LogP contribution in [0.4, 0.5) is 5.69 Å². The highest BCUT2D eigenvalue weighted by Crippen LogP contribution is 2.30. The number of benzene rings is 1. The van der Waals surface area contributed by atoms with Crippen LogP contribution in [0.2, 0.25) is 0 Å². The van der Waals surface area contributed by atoms with Gasteiger partial charge in [-0.25, -0.2) is 0 Å². The molecule has 4 rings (SSSR count). The van der Waals surface area contributed by atoms with Gasteiger partial charge in [0.1, 0.15) is 5.58 Å². The Morgan fingerprint density at radius 1 is 1.39 bits per heavy atom. The number of aromatic nitrogens is 2. The molecule has 0 radical (unpaired) electrons. The van der Waals surface area contributed by atoms with Gasteiger partial charge in [-0.3, -0.25) is 9.48 Å². The van der Waals surface area contributed by atoms with Gasteiger partial charge in [-0.05, 0) is 44.7 Å². The van der Waals surface area contributed by atoms with Crippen molar-refractivity contribution in [2.24, 2.45) is 5.92 Å². The summed E-state index contributed by atoms with van der Waals surface area (Å²) in [6.07, 6.45) is 6.11. The monoisotopic (exact) mass is 309 g/mol. The molecule has 0 bridgehead atoms. The summed E-state index contributed by atoms with van der Waals surface area (Å²) in [5.41, 5.74) is 3.45. The molecule has 2 aromatic heterocycles. The highest BCUT2D eigenvalue weighted by molar-refractivity contribution is 6.06. The van der Waals surface area contributed by atoms with Crippen molar-refractivity contribution in [2.75, 3.05) is 5.32 Å². The molecule has 5 heteroatoms. The second-order valence-electron chi connectivity index (χ2n) is 6.40. The number of hydrogen-bond acceptors (Lipinski definition) is 3. The van der Waals surface area contributed by atoms with Gasteiger partial charge in [0.05, 0.1) is 11.9 Å². The molecule has 0 aliphatic heterocycles. The third-order valence-corrected chi connectivity index (χ3v) is 4.33. The van der Waals surface area contributed by atoms with E-state index < -0.39 is 0 Å². The van der Waals surface area contributed by atoms with Crippen molar-refractivity contribution in [3.8, 4) is 0 Å². The van der Waals surface area contributed by atoms with E-state index in [9.17, 15) is 4.79 Å². The summed E-state index contributed by atoms with van der Waals surface area (Å²) >= 11 is 0. The van der Waals surface area contributed by atoms with E-state index in [1.165, 1.54) is 12.8 Å². The van der Waals surface area contributed by atoms with Crippen molar-refractivity contribution in [1.29, 1.82) is 0 Å². The molecular formula is C18H19N3O2. The number of furan rings is 1. The Morgan fingerprint density at radius 3 is 3.00 bits per heavy atom. The minimum absolute atomic E-state index is 0.234. The highest BCUT2D eigenvalue weighted by atomic mass is 16.3. The predicted molar refractivity (Wildman–Crippen MR) is 88.6 cm³/mol. The van der Waals surface area contributed by atoms with E-state index in [1.54, 1.807) is 6.20 Å². The molecule has 1 saturated carbocycles. The molecule has 3 aromatic rings. The molecule has 1 amide bonds. The topological polar surface area (TPSA) is 60.1 Å². The van der Waals surface area contributed by atoms with E-state index in [4.69, 9.17) is 4.42 Å². The fourth-order valence-corrected chi connectivity index (χ4v) is 2.83. The number of nitrogens with one attached hydrogen (secondary N) is 1. The molecule has 118 valence electrons. The number of fused-ring (bicyclic) bond motifs is 1. The van der Waals surface area contributed by atoms with Crippen LogP contribution in [0, 0.1) is 19.8 Å². The summed E-state index contributed by atoms with van der Waals surface area (Å²) in [5.74, 6) is 0.877.